The Morgan fingerprint density at radius 1 is 1.03 bits per heavy atom. The standard InChI is InChI=1S/C25H23Br2N3O6S/c1-35-22(32)15-36-23-18(26)11-16(12-19(23)27)13-20-24(33)30(25(34)37-20)14-21(31)29-9-7-28(8-10-29)17-5-3-2-4-6-17/h2-6,11-13H,7-10,14-15H2,1H3/b20-13+. The molecule has 37 heavy (non-hydrogen) atoms. The molecule has 0 bridgehead atoms. The van der Waals surface area contributed by atoms with Crippen molar-refractivity contribution in [2.24, 2.45) is 0 Å². The number of imide groups is 1. The number of para-hydroxylation sites is 1. The zero-order chi connectivity index (χ0) is 26.5. The second kappa shape index (κ2) is 12.1. The predicted octanol–water partition coefficient (Wildman–Crippen LogP) is 4.15. The van der Waals surface area contributed by atoms with E-state index in [1.165, 1.54) is 7.11 Å². The number of ether oxygens (including phenoxy) is 2. The Hall–Kier alpha value is -2.83. The van der Waals surface area contributed by atoms with Crippen LogP contribution in [-0.2, 0) is 19.1 Å². The van der Waals surface area contributed by atoms with Gasteiger partial charge < -0.3 is 19.3 Å². The first-order valence-corrected chi connectivity index (χ1v) is 13.7. The number of benzene rings is 2. The van der Waals surface area contributed by atoms with Crippen LogP contribution in [0, 0.1) is 0 Å². The van der Waals surface area contributed by atoms with Gasteiger partial charge in [0.1, 0.15) is 12.3 Å². The van der Waals surface area contributed by atoms with Crippen LogP contribution in [0.4, 0.5) is 10.5 Å². The number of rotatable bonds is 7. The van der Waals surface area contributed by atoms with Crippen molar-refractivity contribution in [2.75, 3.05) is 51.3 Å². The van der Waals surface area contributed by atoms with Gasteiger partial charge in [-0.3, -0.25) is 19.3 Å². The molecule has 2 heterocycles. The molecule has 2 aromatic rings. The van der Waals surface area contributed by atoms with Crippen LogP contribution in [-0.4, -0.2) is 79.3 Å². The summed E-state index contributed by atoms with van der Waals surface area (Å²) in [6, 6.07) is 13.4. The van der Waals surface area contributed by atoms with Gasteiger partial charge >= 0.3 is 5.97 Å². The third kappa shape index (κ3) is 6.55. The van der Waals surface area contributed by atoms with E-state index >= 15 is 0 Å². The van der Waals surface area contributed by atoms with Crippen LogP contribution < -0.4 is 9.64 Å². The summed E-state index contributed by atoms with van der Waals surface area (Å²) in [4.78, 5) is 54.9. The second-order valence-electron chi connectivity index (χ2n) is 8.15. The summed E-state index contributed by atoms with van der Waals surface area (Å²) in [5.41, 5.74) is 1.73. The fraction of sp³-hybridized carbons (Fsp3) is 0.280. The SMILES string of the molecule is COC(=O)COc1c(Br)cc(/C=C2/SC(=O)N(CC(=O)N3CCN(c4ccccc4)CC3)C2=O)cc1Br. The summed E-state index contributed by atoms with van der Waals surface area (Å²) in [7, 11) is 1.27. The molecular weight excluding hydrogens is 630 g/mol. The van der Waals surface area contributed by atoms with Gasteiger partial charge in [-0.1, -0.05) is 18.2 Å². The van der Waals surface area contributed by atoms with E-state index in [4.69, 9.17) is 4.74 Å². The number of esters is 1. The average Bonchev–Trinajstić information content (AvgIpc) is 3.15. The number of carbonyl (C=O) groups is 4. The smallest absolute Gasteiger partial charge is 0.343 e. The molecule has 2 aliphatic rings. The minimum absolute atomic E-state index is 0.216. The molecular formula is C25H23Br2N3O6S. The lowest BCUT2D eigenvalue weighted by Crippen LogP contribution is -2.51. The number of thioether (sulfide) groups is 1. The molecule has 0 atom stereocenters. The van der Waals surface area contributed by atoms with Gasteiger partial charge in [-0.15, -0.1) is 0 Å². The number of nitrogens with zero attached hydrogens (tertiary/aromatic N) is 3. The van der Waals surface area contributed by atoms with Crippen molar-refractivity contribution in [1.29, 1.82) is 0 Å². The van der Waals surface area contributed by atoms with Gasteiger partial charge in [-0.25, -0.2) is 4.79 Å². The summed E-state index contributed by atoms with van der Waals surface area (Å²) in [5.74, 6) is -0.892. The lowest BCUT2D eigenvalue weighted by molar-refractivity contribution is -0.143. The molecule has 3 amide bonds. The lowest BCUT2D eigenvalue weighted by atomic mass is 10.2. The minimum atomic E-state index is -0.524. The van der Waals surface area contributed by atoms with Crippen LogP contribution >= 0.6 is 43.6 Å². The van der Waals surface area contributed by atoms with Gasteiger partial charge in [0.25, 0.3) is 11.1 Å². The quantitative estimate of drug-likeness (QED) is 0.325. The largest absolute Gasteiger partial charge is 0.480 e. The maximum Gasteiger partial charge on any atom is 0.343 e. The number of hydrogen-bond donors (Lipinski definition) is 0. The highest BCUT2D eigenvalue weighted by Crippen LogP contribution is 2.37. The van der Waals surface area contributed by atoms with Crippen molar-refractivity contribution in [2.45, 2.75) is 0 Å². The Morgan fingerprint density at radius 2 is 1.68 bits per heavy atom. The summed E-state index contributed by atoms with van der Waals surface area (Å²) >= 11 is 7.58. The van der Waals surface area contributed by atoms with E-state index < -0.39 is 17.1 Å². The monoisotopic (exact) mass is 651 g/mol. The summed E-state index contributed by atoms with van der Waals surface area (Å²) < 4.78 is 11.1. The van der Waals surface area contributed by atoms with Crippen LogP contribution in [0.3, 0.4) is 0 Å². The van der Waals surface area contributed by atoms with Crippen molar-refractivity contribution in [3.63, 3.8) is 0 Å². The summed E-state index contributed by atoms with van der Waals surface area (Å²) in [6.07, 6.45) is 1.58. The molecule has 0 unspecified atom stereocenters. The maximum atomic E-state index is 13.0. The van der Waals surface area contributed by atoms with Crippen molar-refractivity contribution >= 4 is 78.4 Å². The number of halogens is 2. The third-order valence-corrected chi connectivity index (χ3v) is 7.89. The van der Waals surface area contributed by atoms with Crippen LogP contribution in [0.25, 0.3) is 6.08 Å². The summed E-state index contributed by atoms with van der Waals surface area (Å²) in [5, 5.41) is -0.483. The number of methoxy groups -OCH3 is 1. The van der Waals surface area contributed by atoms with Gasteiger partial charge in [0.2, 0.25) is 5.91 Å². The molecule has 12 heteroatoms. The Balaban J connectivity index is 1.38. The van der Waals surface area contributed by atoms with Gasteiger partial charge in [0, 0.05) is 31.9 Å². The Kier molecular flexibility index (Phi) is 8.93. The first-order valence-electron chi connectivity index (χ1n) is 11.3. The topological polar surface area (TPSA) is 96.5 Å². The predicted molar refractivity (Wildman–Crippen MR) is 147 cm³/mol. The molecule has 0 spiro atoms. The van der Waals surface area contributed by atoms with Crippen molar-refractivity contribution in [1.82, 2.24) is 9.80 Å². The van der Waals surface area contributed by atoms with Crippen LogP contribution in [0.5, 0.6) is 5.75 Å². The number of amides is 3. The fourth-order valence-electron chi connectivity index (χ4n) is 3.87. The molecule has 0 saturated carbocycles. The third-order valence-electron chi connectivity index (χ3n) is 5.80. The van der Waals surface area contributed by atoms with E-state index in [0.717, 1.165) is 22.3 Å². The number of hydrogen-bond acceptors (Lipinski definition) is 8. The van der Waals surface area contributed by atoms with Crippen LogP contribution in [0.2, 0.25) is 0 Å². The fourth-order valence-corrected chi connectivity index (χ4v) is 6.16. The Bertz CT molecular complexity index is 1230. The number of carbonyl (C=O) groups excluding carboxylic acids is 4. The zero-order valence-electron chi connectivity index (χ0n) is 19.8. The Morgan fingerprint density at radius 3 is 2.30 bits per heavy atom. The minimum Gasteiger partial charge on any atom is -0.480 e. The molecule has 4 rings (SSSR count). The van der Waals surface area contributed by atoms with Crippen molar-refractivity contribution < 1.29 is 28.7 Å². The first kappa shape index (κ1) is 27.2. The molecule has 0 aromatic heterocycles. The molecule has 2 aliphatic heterocycles. The molecule has 0 N–H and O–H groups in total. The second-order valence-corrected chi connectivity index (χ2v) is 10.9. The van der Waals surface area contributed by atoms with Gasteiger partial charge in [-0.2, -0.15) is 0 Å². The molecule has 2 fully saturated rings. The maximum absolute atomic E-state index is 13.0. The first-order chi connectivity index (χ1) is 17.8. The van der Waals surface area contributed by atoms with Gasteiger partial charge in [-0.05, 0) is 79.5 Å². The molecule has 2 aromatic carbocycles. The van der Waals surface area contributed by atoms with E-state index in [9.17, 15) is 19.2 Å². The highest BCUT2D eigenvalue weighted by atomic mass is 79.9. The van der Waals surface area contributed by atoms with Crippen molar-refractivity contribution in [3.05, 3.63) is 61.9 Å². The zero-order valence-corrected chi connectivity index (χ0v) is 23.8. The van der Waals surface area contributed by atoms with E-state index in [1.807, 2.05) is 30.3 Å². The highest BCUT2D eigenvalue weighted by Gasteiger charge is 2.37. The van der Waals surface area contributed by atoms with Crippen LogP contribution in [0.15, 0.2) is 56.3 Å². The van der Waals surface area contributed by atoms with Crippen LogP contribution in [0.1, 0.15) is 5.56 Å². The molecule has 194 valence electrons. The van der Waals surface area contributed by atoms with Gasteiger partial charge in [0.05, 0.1) is 21.0 Å². The summed E-state index contributed by atoms with van der Waals surface area (Å²) in [6.45, 7) is 1.85. The lowest BCUT2D eigenvalue weighted by Gasteiger charge is -2.36. The van der Waals surface area contributed by atoms with E-state index in [0.29, 0.717) is 46.4 Å². The number of piperazine rings is 1. The highest BCUT2D eigenvalue weighted by molar-refractivity contribution is 9.11. The average molecular weight is 653 g/mol. The molecule has 9 nitrogen and oxygen atoms in total. The number of anilines is 1. The van der Waals surface area contributed by atoms with E-state index in [1.54, 1.807) is 23.1 Å². The van der Waals surface area contributed by atoms with E-state index in [-0.39, 0.29) is 24.0 Å². The molecule has 0 radical (unpaired) electrons. The van der Waals surface area contributed by atoms with Gasteiger partial charge in [0.15, 0.2) is 6.61 Å². The van der Waals surface area contributed by atoms with Crippen molar-refractivity contribution in [3.8, 4) is 5.75 Å². The molecule has 0 aliphatic carbocycles. The Labute approximate surface area is 235 Å². The van der Waals surface area contributed by atoms with E-state index in [2.05, 4.69) is 41.5 Å². The normalized spacial score (nSPS) is 16.9. The molecule has 2 saturated heterocycles.